The molecule has 39 heavy (non-hydrogen) atoms. The van der Waals surface area contributed by atoms with E-state index in [1.165, 1.54) is 23.1 Å². The highest BCUT2D eigenvalue weighted by Gasteiger charge is 2.40. The number of rotatable bonds is 7. The Balaban J connectivity index is 1.28. The Bertz CT molecular complexity index is 1250. The van der Waals surface area contributed by atoms with Gasteiger partial charge >= 0.3 is 6.18 Å². The van der Waals surface area contributed by atoms with Crippen LogP contribution in [0.1, 0.15) is 29.5 Å². The van der Waals surface area contributed by atoms with E-state index in [0.717, 1.165) is 17.7 Å². The Morgan fingerprint density at radius 3 is 2.59 bits per heavy atom. The standard InChI is InChI=1S/C27H28F6N2O4/c28-23-9-20(10-24-21(23)7-16(13-39-24)11-34-5-3-17(12-34)25(36)37)38-14-18-1-2-19(8-22(18)27(31,32)33)35-6-4-26(29,30)15-35/h1-2,7-10,17,25,36-37H,3-6,11-15H2. The molecule has 0 aromatic heterocycles. The van der Waals surface area contributed by atoms with Gasteiger partial charge in [-0.15, -0.1) is 0 Å². The van der Waals surface area contributed by atoms with Crippen molar-refractivity contribution in [3.05, 3.63) is 58.4 Å². The highest BCUT2D eigenvalue weighted by molar-refractivity contribution is 5.64. The molecule has 0 radical (unpaired) electrons. The summed E-state index contributed by atoms with van der Waals surface area (Å²) in [6, 6.07) is 5.86. The van der Waals surface area contributed by atoms with E-state index in [1.807, 2.05) is 4.90 Å². The minimum Gasteiger partial charge on any atom is -0.489 e. The van der Waals surface area contributed by atoms with E-state index in [-0.39, 0.29) is 47.4 Å². The molecule has 2 saturated heterocycles. The lowest BCUT2D eigenvalue weighted by atomic mass is 10.1. The van der Waals surface area contributed by atoms with E-state index in [0.29, 0.717) is 26.1 Å². The second-order valence-corrected chi connectivity index (χ2v) is 10.3. The molecular formula is C27H28F6N2O4. The summed E-state index contributed by atoms with van der Waals surface area (Å²) in [5.41, 5.74) is -0.167. The van der Waals surface area contributed by atoms with Gasteiger partial charge in [0.15, 0.2) is 6.29 Å². The average molecular weight is 559 g/mol. The van der Waals surface area contributed by atoms with Crippen LogP contribution in [0.3, 0.4) is 0 Å². The molecule has 2 N–H and O–H groups in total. The Morgan fingerprint density at radius 2 is 1.92 bits per heavy atom. The highest BCUT2D eigenvalue weighted by Crippen LogP contribution is 2.39. The SMILES string of the molecule is OC(O)C1CCN(CC2=Cc3c(F)cc(OCc4ccc(N5CCC(F)(F)C5)cc4C(F)(F)F)cc3OC2)C1. The van der Waals surface area contributed by atoms with Crippen molar-refractivity contribution in [1.82, 2.24) is 4.90 Å². The fraction of sp³-hybridized carbons (Fsp3) is 0.481. The topological polar surface area (TPSA) is 65.4 Å². The first-order chi connectivity index (χ1) is 18.4. The third-order valence-electron chi connectivity index (χ3n) is 7.31. The van der Waals surface area contributed by atoms with Gasteiger partial charge in [-0.2, -0.15) is 13.2 Å². The molecule has 2 aromatic rings. The van der Waals surface area contributed by atoms with E-state index in [2.05, 4.69) is 0 Å². The number of hydrogen-bond acceptors (Lipinski definition) is 6. The average Bonchev–Trinajstić information content (AvgIpc) is 3.48. The van der Waals surface area contributed by atoms with Crippen LogP contribution in [0.4, 0.5) is 32.0 Å². The van der Waals surface area contributed by atoms with Gasteiger partial charge in [0.05, 0.1) is 17.7 Å². The maximum Gasteiger partial charge on any atom is 0.416 e. The molecule has 0 bridgehead atoms. The van der Waals surface area contributed by atoms with Gasteiger partial charge in [0.25, 0.3) is 5.92 Å². The van der Waals surface area contributed by atoms with Crippen LogP contribution in [-0.2, 0) is 12.8 Å². The number of hydrogen-bond donors (Lipinski definition) is 2. The van der Waals surface area contributed by atoms with Gasteiger partial charge in [-0.05, 0) is 36.7 Å². The van der Waals surface area contributed by atoms with Crippen molar-refractivity contribution in [3.63, 3.8) is 0 Å². The molecule has 1 unspecified atom stereocenters. The minimum absolute atomic E-state index is 0.0150. The predicted molar refractivity (Wildman–Crippen MR) is 130 cm³/mol. The number of alkyl halides is 5. The number of halogens is 6. The van der Waals surface area contributed by atoms with Crippen LogP contribution in [0, 0.1) is 11.7 Å². The highest BCUT2D eigenvalue weighted by atomic mass is 19.4. The lowest BCUT2D eigenvalue weighted by Gasteiger charge is -2.24. The number of aliphatic hydroxyl groups excluding tert-OH is 1. The van der Waals surface area contributed by atoms with Crippen molar-refractivity contribution >= 4 is 11.8 Å². The summed E-state index contributed by atoms with van der Waals surface area (Å²) in [5.74, 6) is -3.67. The van der Waals surface area contributed by atoms with Crippen molar-refractivity contribution in [2.24, 2.45) is 5.92 Å². The van der Waals surface area contributed by atoms with Crippen molar-refractivity contribution in [1.29, 1.82) is 0 Å². The largest absolute Gasteiger partial charge is 0.489 e. The fourth-order valence-corrected chi connectivity index (χ4v) is 5.22. The van der Waals surface area contributed by atoms with E-state index >= 15 is 0 Å². The maximum absolute atomic E-state index is 14.9. The smallest absolute Gasteiger partial charge is 0.416 e. The first-order valence-electron chi connectivity index (χ1n) is 12.6. The lowest BCUT2D eigenvalue weighted by Crippen LogP contribution is -2.28. The molecule has 0 amide bonds. The number of aliphatic hydroxyl groups is 2. The van der Waals surface area contributed by atoms with Crippen molar-refractivity contribution < 1.29 is 46.0 Å². The van der Waals surface area contributed by atoms with Crippen LogP contribution in [0.5, 0.6) is 11.5 Å². The van der Waals surface area contributed by atoms with E-state index in [9.17, 15) is 36.6 Å². The van der Waals surface area contributed by atoms with Crippen molar-refractivity contribution in [3.8, 4) is 11.5 Å². The summed E-state index contributed by atoms with van der Waals surface area (Å²) in [4.78, 5) is 3.24. The minimum atomic E-state index is -4.74. The molecule has 6 nitrogen and oxygen atoms in total. The number of ether oxygens (including phenoxy) is 2. The molecule has 2 aromatic carbocycles. The maximum atomic E-state index is 14.9. The quantitative estimate of drug-likeness (QED) is 0.380. The van der Waals surface area contributed by atoms with Crippen LogP contribution in [-0.4, -0.2) is 66.7 Å². The molecule has 5 rings (SSSR count). The Hall–Kier alpha value is -2.96. The molecule has 0 spiro atoms. The second-order valence-electron chi connectivity index (χ2n) is 10.3. The zero-order chi connectivity index (χ0) is 27.9. The fourth-order valence-electron chi connectivity index (χ4n) is 5.22. The molecule has 2 fully saturated rings. The number of nitrogens with zero attached hydrogens (tertiary/aromatic N) is 2. The summed E-state index contributed by atoms with van der Waals surface area (Å²) in [5, 5.41) is 18.7. The molecule has 0 saturated carbocycles. The summed E-state index contributed by atoms with van der Waals surface area (Å²) in [7, 11) is 0. The Morgan fingerprint density at radius 1 is 1.13 bits per heavy atom. The van der Waals surface area contributed by atoms with E-state index in [4.69, 9.17) is 9.47 Å². The first kappa shape index (κ1) is 27.6. The predicted octanol–water partition coefficient (Wildman–Crippen LogP) is 4.68. The van der Waals surface area contributed by atoms with Gasteiger partial charge < -0.3 is 24.6 Å². The Kier molecular flexibility index (Phi) is 7.47. The summed E-state index contributed by atoms with van der Waals surface area (Å²) in [6.07, 6.45) is -4.25. The second kappa shape index (κ2) is 10.5. The van der Waals surface area contributed by atoms with Gasteiger partial charge in [0, 0.05) is 55.4 Å². The summed E-state index contributed by atoms with van der Waals surface area (Å²) >= 11 is 0. The molecule has 3 aliphatic rings. The number of fused-ring (bicyclic) bond motifs is 1. The van der Waals surface area contributed by atoms with Gasteiger partial charge in [-0.25, -0.2) is 13.2 Å². The van der Waals surface area contributed by atoms with Crippen LogP contribution >= 0.6 is 0 Å². The molecule has 212 valence electrons. The molecule has 0 aliphatic carbocycles. The van der Waals surface area contributed by atoms with Crippen LogP contribution < -0.4 is 14.4 Å². The van der Waals surface area contributed by atoms with Crippen molar-refractivity contribution in [2.75, 3.05) is 44.2 Å². The van der Waals surface area contributed by atoms with Gasteiger partial charge in [0.2, 0.25) is 0 Å². The van der Waals surface area contributed by atoms with Gasteiger partial charge in [-0.3, -0.25) is 4.90 Å². The van der Waals surface area contributed by atoms with Gasteiger partial charge in [-0.1, -0.05) is 6.07 Å². The molecule has 12 heteroatoms. The van der Waals surface area contributed by atoms with Crippen LogP contribution in [0.2, 0.25) is 0 Å². The molecular weight excluding hydrogens is 530 g/mol. The van der Waals surface area contributed by atoms with E-state index in [1.54, 1.807) is 6.08 Å². The normalized spacial score (nSPS) is 21.2. The first-order valence-corrected chi connectivity index (χ1v) is 12.6. The zero-order valence-corrected chi connectivity index (χ0v) is 20.9. The monoisotopic (exact) mass is 558 g/mol. The van der Waals surface area contributed by atoms with Crippen molar-refractivity contribution in [2.45, 2.75) is 37.8 Å². The molecule has 3 heterocycles. The van der Waals surface area contributed by atoms with E-state index < -0.39 is 49.3 Å². The molecule has 1 atom stereocenters. The number of benzene rings is 2. The molecule has 3 aliphatic heterocycles. The zero-order valence-electron chi connectivity index (χ0n) is 20.9. The number of anilines is 1. The van der Waals surface area contributed by atoms with Crippen LogP contribution in [0.25, 0.3) is 6.08 Å². The van der Waals surface area contributed by atoms with Crippen LogP contribution in [0.15, 0.2) is 35.9 Å². The summed E-state index contributed by atoms with van der Waals surface area (Å²) in [6.45, 7) is 0.622. The lowest BCUT2D eigenvalue weighted by molar-refractivity contribution is -0.138. The third-order valence-corrected chi connectivity index (χ3v) is 7.31. The summed E-state index contributed by atoms with van der Waals surface area (Å²) < 4.78 is 94.6. The third kappa shape index (κ3) is 6.28. The Labute approximate surface area is 221 Å². The number of likely N-dealkylation sites (tertiary alicyclic amines) is 1. The van der Waals surface area contributed by atoms with Gasteiger partial charge in [0.1, 0.15) is 30.5 Å².